The van der Waals surface area contributed by atoms with Gasteiger partial charge in [0.15, 0.2) is 0 Å². The predicted octanol–water partition coefficient (Wildman–Crippen LogP) is 1.67. The summed E-state index contributed by atoms with van der Waals surface area (Å²) in [6, 6.07) is -0.304. The van der Waals surface area contributed by atoms with Crippen molar-refractivity contribution in [1.82, 2.24) is 24.8 Å². The van der Waals surface area contributed by atoms with Crippen molar-refractivity contribution in [3.63, 3.8) is 0 Å². The molecule has 0 spiro atoms. The van der Waals surface area contributed by atoms with Crippen molar-refractivity contribution in [2.45, 2.75) is 78.4 Å². The van der Waals surface area contributed by atoms with Crippen LogP contribution in [0.3, 0.4) is 0 Å². The molecular formula is C21H37N5O5. The number of aliphatic hydroxyl groups is 1. The molecular weight excluding hydrogens is 402 g/mol. The van der Waals surface area contributed by atoms with Crippen molar-refractivity contribution in [2.75, 3.05) is 26.7 Å². The minimum atomic E-state index is -0.596. The van der Waals surface area contributed by atoms with E-state index in [1.165, 1.54) is 4.90 Å². The third kappa shape index (κ3) is 7.77. The van der Waals surface area contributed by atoms with Crippen molar-refractivity contribution in [3.8, 4) is 0 Å². The maximum absolute atomic E-state index is 12.9. The van der Waals surface area contributed by atoms with Gasteiger partial charge in [0.05, 0.1) is 38.1 Å². The van der Waals surface area contributed by atoms with Gasteiger partial charge in [-0.15, -0.1) is 5.10 Å². The number of fused-ring (bicyclic) bond motifs is 2. The van der Waals surface area contributed by atoms with Gasteiger partial charge >= 0.3 is 6.09 Å². The number of hydrogen-bond acceptors (Lipinski definition) is 7. The molecule has 2 rings (SSSR count). The first-order chi connectivity index (χ1) is 14.5. The Morgan fingerprint density at radius 3 is 2.81 bits per heavy atom. The van der Waals surface area contributed by atoms with Crippen LogP contribution in [0.2, 0.25) is 0 Å². The fourth-order valence-corrected chi connectivity index (χ4v) is 3.38. The van der Waals surface area contributed by atoms with Gasteiger partial charge in [-0.05, 0) is 34.1 Å². The van der Waals surface area contributed by atoms with Crippen molar-refractivity contribution in [1.29, 1.82) is 0 Å². The number of aryl methyl sites for hydroxylation is 1. The number of ether oxygens (including phenoxy) is 2. The van der Waals surface area contributed by atoms with Crippen LogP contribution in [0.15, 0.2) is 6.20 Å². The minimum absolute atomic E-state index is 0.0211. The van der Waals surface area contributed by atoms with E-state index in [1.54, 1.807) is 16.6 Å². The summed E-state index contributed by atoms with van der Waals surface area (Å²) in [5, 5.41) is 17.9. The van der Waals surface area contributed by atoms with Gasteiger partial charge in [-0.2, -0.15) is 0 Å². The molecule has 1 aliphatic rings. The highest BCUT2D eigenvalue weighted by Gasteiger charge is 2.30. The molecule has 31 heavy (non-hydrogen) atoms. The van der Waals surface area contributed by atoms with Gasteiger partial charge in [0.25, 0.3) is 0 Å². The van der Waals surface area contributed by atoms with E-state index < -0.39 is 11.7 Å². The summed E-state index contributed by atoms with van der Waals surface area (Å²) in [5.74, 6) is -0.120. The molecule has 3 unspecified atom stereocenters. The van der Waals surface area contributed by atoms with Gasteiger partial charge in [-0.3, -0.25) is 9.48 Å². The number of carbonyl (C=O) groups is 2. The zero-order valence-electron chi connectivity index (χ0n) is 19.6. The van der Waals surface area contributed by atoms with Gasteiger partial charge < -0.3 is 24.4 Å². The topological polar surface area (TPSA) is 110 Å². The SMILES string of the molecule is CC1CN(C(C)CO)C(=O)CCCn2cc(nn2)COC1CN(C)C(=O)OC(C)(C)C. The Balaban J connectivity index is 2.21. The van der Waals surface area contributed by atoms with Gasteiger partial charge in [-0.25, -0.2) is 4.79 Å². The van der Waals surface area contributed by atoms with E-state index in [-0.39, 0.29) is 37.2 Å². The quantitative estimate of drug-likeness (QED) is 0.760. The zero-order valence-corrected chi connectivity index (χ0v) is 19.6. The Morgan fingerprint density at radius 2 is 2.16 bits per heavy atom. The summed E-state index contributed by atoms with van der Waals surface area (Å²) in [6.45, 7) is 10.7. The number of nitrogens with zero attached hydrogens (tertiary/aromatic N) is 5. The van der Waals surface area contributed by atoms with Crippen molar-refractivity contribution < 1.29 is 24.2 Å². The number of aliphatic hydroxyl groups excluding tert-OH is 1. The predicted molar refractivity (Wildman–Crippen MR) is 114 cm³/mol. The molecule has 0 aliphatic carbocycles. The molecule has 1 aromatic rings. The van der Waals surface area contributed by atoms with Crippen LogP contribution in [0.5, 0.6) is 0 Å². The Hall–Kier alpha value is -2.20. The number of hydrogen-bond donors (Lipinski definition) is 1. The lowest BCUT2D eigenvalue weighted by Crippen LogP contribution is -2.48. The first-order valence-electron chi connectivity index (χ1n) is 10.8. The maximum Gasteiger partial charge on any atom is 0.410 e. The zero-order chi connectivity index (χ0) is 23.2. The van der Waals surface area contributed by atoms with Crippen molar-refractivity contribution in [2.24, 2.45) is 5.92 Å². The molecule has 2 amide bonds. The summed E-state index contributed by atoms with van der Waals surface area (Å²) in [6.07, 6.45) is 2.00. The average molecular weight is 440 g/mol. The van der Waals surface area contributed by atoms with E-state index in [0.717, 1.165) is 0 Å². The Kier molecular flexibility index (Phi) is 8.81. The summed E-state index contributed by atoms with van der Waals surface area (Å²) < 4.78 is 13.3. The number of rotatable bonds is 4. The maximum atomic E-state index is 12.9. The van der Waals surface area contributed by atoms with Crippen LogP contribution < -0.4 is 0 Å². The molecule has 0 radical (unpaired) electrons. The normalized spacial score (nSPS) is 22.2. The lowest BCUT2D eigenvalue weighted by atomic mass is 10.0. The van der Waals surface area contributed by atoms with Gasteiger partial charge in [0.1, 0.15) is 11.3 Å². The van der Waals surface area contributed by atoms with Gasteiger partial charge in [0, 0.05) is 32.5 Å². The second-order valence-electron chi connectivity index (χ2n) is 9.34. The Bertz CT molecular complexity index is 732. The molecule has 0 saturated carbocycles. The monoisotopic (exact) mass is 439 g/mol. The molecule has 0 aromatic carbocycles. The largest absolute Gasteiger partial charge is 0.444 e. The summed E-state index contributed by atoms with van der Waals surface area (Å²) >= 11 is 0. The fraction of sp³-hybridized carbons (Fsp3) is 0.810. The summed E-state index contributed by atoms with van der Waals surface area (Å²) in [5.41, 5.74) is 0.101. The van der Waals surface area contributed by atoms with E-state index in [0.29, 0.717) is 38.2 Å². The van der Waals surface area contributed by atoms with Crippen LogP contribution in [0.1, 0.15) is 53.2 Å². The van der Waals surface area contributed by atoms with E-state index in [1.807, 2.05) is 40.8 Å². The van der Waals surface area contributed by atoms with Crippen molar-refractivity contribution in [3.05, 3.63) is 11.9 Å². The fourth-order valence-electron chi connectivity index (χ4n) is 3.38. The number of carbonyl (C=O) groups excluding carboxylic acids is 2. The van der Waals surface area contributed by atoms with Crippen LogP contribution >= 0.6 is 0 Å². The molecule has 176 valence electrons. The molecule has 2 heterocycles. The van der Waals surface area contributed by atoms with E-state index in [2.05, 4.69) is 10.3 Å². The molecule has 0 saturated heterocycles. The smallest absolute Gasteiger partial charge is 0.410 e. The molecule has 1 N–H and O–H groups in total. The van der Waals surface area contributed by atoms with Crippen LogP contribution in [0.25, 0.3) is 0 Å². The lowest BCUT2D eigenvalue weighted by molar-refractivity contribution is -0.136. The first kappa shape index (κ1) is 25.1. The summed E-state index contributed by atoms with van der Waals surface area (Å²) in [4.78, 5) is 28.5. The van der Waals surface area contributed by atoms with Crippen LogP contribution in [0.4, 0.5) is 4.79 Å². The second kappa shape index (κ2) is 10.9. The molecule has 1 aromatic heterocycles. The van der Waals surface area contributed by atoms with Crippen LogP contribution in [0, 0.1) is 5.92 Å². The Morgan fingerprint density at radius 1 is 1.45 bits per heavy atom. The van der Waals surface area contributed by atoms with Crippen LogP contribution in [-0.2, 0) is 27.4 Å². The third-order valence-electron chi connectivity index (χ3n) is 5.20. The highest BCUT2D eigenvalue weighted by molar-refractivity contribution is 5.76. The first-order valence-corrected chi connectivity index (χ1v) is 10.8. The molecule has 2 bridgehead atoms. The standard InChI is InChI=1S/C21H37N5O5/c1-15-10-26(16(2)13-27)19(28)8-7-9-25-11-17(22-23-25)14-30-18(15)12-24(6)20(29)31-21(3,4)5/h11,15-16,18,27H,7-10,12-14H2,1-6H3. The van der Waals surface area contributed by atoms with E-state index >= 15 is 0 Å². The van der Waals surface area contributed by atoms with Crippen molar-refractivity contribution >= 4 is 12.0 Å². The van der Waals surface area contributed by atoms with Gasteiger partial charge in [-0.1, -0.05) is 12.1 Å². The highest BCUT2D eigenvalue weighted by Crippen LogP contribution is 2.18. The van der Waals surface area contributed by atoms with E-state index in [9.17, 15) is 14.7 Å². The minimum Gasteiger partial charge on any atom is -0.444 e. The average Bonchev–Trinajstić information content (AvgIpc) is 3.14. The second-order valence-corrected chi connectivity index (χ2v) is 9.34. The number of amides is 2. The molecule has 3 atom stereocenters. The lowest BCUT2D eigenvalue weighted by Gasteiger charge is -2.35. The molecule has 10 nitrogen and oxygen atoms in total. The van der Waals surface area contributed by atoms with E-state index in [4.69, 9.17) is 9.47 Å². The Labute approximate surface area is 184 Å². The highest BCUT2D eigenvalue weighted by atomic mass is 16.6. The summed E-state index contributed by atoms with van der Waals surface area (Å²) in [7, 11) is 1.67. The third-order valence-corrected chi connectivity index (χ3v) is 5.20. The van der Waals surface area contributed by atoms with Crippen LogP contribution in [-0.4, -0.2) is 86.4 Å². The van der Waals surface area contributed by atoms with Gasteiger partial charge in [0.2, 0.25) is 5.91 Å². The number of likely N-dealkylation sites (N-methyl/N-ethyl adjacent to an activating group) is 1. The number of aromatic nitrogens is 3. The molecule has 0 fully saturated rings. The molecule has 10 heteroatoms. The molecule has 1 aliphatic heterocycles.